The molecule has 0 bridgehead atoms. The second kappa shape index (κ2) is 4.88. The number of rotatable bonds is 3. The average molecular weight is 248 g/mol. The Morgan fingerprint density at radius 2 is 1.94 bits per heavy atom. The SMILES string of the molecule is NC(=S)c1cccnc1Oc1ccc(F)cc1. The largest absolute Gasteiger partial charge is 0.438 e. The van der Waals surface area contributed by atoms with E-state index in [1.807, 2.05) is 0 Å². The fourth-order valence-electron chi connectivity index (χ4n) is 1.27. The van der Waals surface area contributed by atoms with Crippen LogP contribution in [0.3, 0.4) is 0 Å². The van der Waals surface area contributed by atoms with E-state index < -0.39 is 0 Å². The maximum absolute atomic E-state index is 12.7. The normalized spacial score (nSPS) is 9.94. The molecule has 3 nitrogen and oxygen atoms in total. The monoisotopic (exact) mass is 248 g/mol. The van der Waals surface area contributed by atoms with E-state index in [0.717, 1.165) is 0 Å². The highest BCUT2D eigenvalue weighted by Gasteiger charge is 2.08. The summed E-state index contributed by atoms with van der Waals surface area (Å²) in [4.78, 5) is 4.24. The summed E-state index contributed by atoms with van der Waals surface area (Å²) in [5, 5.41) is 0. The van der Waals surface area contributed by atoms with Crippen LogP contribution in [0.4, 0.5) is 4.39 Å². The summed E-state index contributed by atoms with van der Waals surface area (Å²) >= 11 is 4.88. The fraction of sp³-hybridized carbons (Fsp3) is 0. The number of nitrogens with zero attached hydrogens (tertiary/aromatic N) is 1. The molecule has 1 aromatic carbocycles. The molecule has 0 spiro atoms. The number of ether oxygens (including phenoxy) is 1. The summed E-state index contributed by atoms with van der Waals surface area (Å²) in [6.07, 6.45) is 1.57. The molecule has 0 aliphatic rings. The Bertz CT molecular complexity index is 542. The molecule has 0 saturated carbocycles. The smallest absolute Gasteiger partial charge is 0.229 e. The summed E-state index contributed by atoms with van der Waals surface area (Å²) in [5.74, 6) is 0.460. The zero-order chi connectivity index (χ0) is 12.3. The van der Waals surface area contributed by atoms with Crippen molar-refractivity contribution in [1.29, 1.82) is 0 Å². The lowest BCUT2D eigenvalue weighted by Crippen LogP contribution is -2.11. The van der Waals surface area contributed by atoms with Gasteiger partial charge in [-0.25, -0.2) is 9.37 Å². The molecule has 86 valence electrons. The van der Waals surface area contributed by atoms with Gasteiger partial charge in [-0.1, -0.05) is 12.2 Å². The van der Waals surface area contributed by atoms with Crippen LogP contribution < -0.4 is 10.5 Å². The van der Waals surface area contributed by atoms with Crippen LogP contribution in [0, 0.1) is 5.82 Å². The number of thiocarbonyl (C=S) groups is 1. The number of hydrogen-bond donors (Lipinski definition) is 1. The Morgan fingerprint density at radius 3 is 2.59 bits per heavy atom. The summed E-state index contributed by atoms with van der Waals surface area (Å²) in [7, 11) is 0. The molecule has 2 rings (SSSR count). The molecule has 0 amide bonds. The van der Waals surface area contributed by atoms with Crippen molar-refractivity contribution in [2.24, 2.45) is 5.73 Å². The summed E-state index contributed by atoms with van der Waals surface area (Å²) in [5.41, 5.74) is 6.09. The molecule has 5 heteroatoms. The van der Waals surface area contributed by atoms with E-state index >= 15 is 0 Å². The molecular weight excluding hydrogens is 239 g/mol. The second-order valence-electron chi connectivity index (χ2n) is 3.28. The van der Waals surface area contributed by atoms with Crippen molar-refractivity contribution in [3.05, 3.63) is 54.0 Å². The Labute approximate surface area is 103 Å². The van der Waals surface area contributed by atoms with Crippen LogP contribution in [0.5, 0.6) is 11.6 Å². The molecule has 0 fully saturated rings. The molecule has 0 aliphatic carbocycles. The lowest BCUT2D eigenvalue weighted by atomic mass is 10.2. The van der Waals surface area contributed by atoms with Crippen molar-refractivity contribution in [1.82, 2.24) is 4.98 Å². The Balaban J connectivity index is 2.30. The maximum Gasteiger partial charge on any atom is 0.229 e. The van der Waals surface area contributed by atoms with Crippen LogP contribution in [0.25, 0.3) is 0 Å². The van der Waals surface area contributed by atoms with E-state index in [2.05, 4.69) is 4.98 Å². The fourth-order valence-corrected chi connectivity index (χ4v) is 1.43. The zero-order valence-electron chi connectivity index (χ0n) is 8.76. The minimum Gasteiger partial charge on any atom is -0.438 e. The number of hydrogen-bond acceptors (Lipinski definition) is 3. The molecule has 0 radical (unpaired) electrons. The van der Waals surface area contributed by atoms with Crippen molar-refractivity contribution in [2.75, 3.05) is 0 Å². The Kier molecular flexibility index (Phi) is 3.30. The first-order valence-corrected chi connectivity index (χ1v) is 5.26. The van der Waals surface area contributed by atoms with Gasteiger partial charge < -0.3 is 10.5 Å². The molecule has 0 aliphatic heterocycles. The lowest BCUT2D eigenvalue weighted by Gasteiger charge is -2.08. The van der Waals surface area contributed by atoms with Gasteiger partial charge in [0.2, 0.25) is 5.88 Å². The topological polar surface area (TPSA) is 48.1 Å². The van der Waals surface area contributed by atoms with Gasteiger partial charge in [0, 0.05) is 6.20 Å². The van der Waals surface area contributed by atoms with Crippen molar-refractivity contribution >= 4 is 17.2 Å². The number of pyridine rings is 1. The Morgan fingerprint density at radius 1 is 1.24 bits per heavy atom. The molecule has 1 heterocycles. The highest BCUT2D eigenvalue weighted by Crippen LogP contribution is 2.22. The lowest BCUT2D eigenvalue weighted by molar-refractivity contribution is 0.460. The standard InChI is InChI=1S/C12H9FN2OS/c13-8-3-5-9(6-4-8)16-12-10(11(14)17)2-1-7-15-12/h1-7H,(H2,14,17). The van der Waals surface area contributed by atoms with Crippen molar-refractivity contribution in [2.45, 2.75) is 0 Å². The third-order valence-electron chi connectivity index (χ3n) is 2.06. The van der Waals surface area contributed by atoms with Gasteiger partial charge in [0.1, 0.15) is 16.6 Å². The van der Waals surface area contributed by atoms with E-state index in [4.69, 9.17) is 22.7 Å². The molecule has 0 atom stereocenters. The molecular formula is C12H9FN2OS. The van der Waals surface area contributed by atoms with Gasteiger partial charge in [0.15, 0.2) is 0 Å². The molecule has 1 aromatic heterocycles. The number of benzene rings is 1. The summed E-state index contributed by atoms with van der Waals surface area (Å²) in [6.45, 7) is 0. The quantitative estimate of drug-likeness (QED) is 0.848. The van der Waals surface area contributed by atoms with E-state index in [9.17, 15) is 4.39 Å². The van der Waals surface area contributed by atoms with E-state index in [-0.39, 0.29) is 10.8 Å². The number of aromatic nitrogens is 1. The average Bonchev–Trinajstić information content (AvgIpc) is 2.32. The van der Waals surface area contributed by atoms with Crippen molar-refractivity contribution in [3.8, 4) is 11.6 Å². The van der Waals surface area contributed by atoms with Gasteiger partial charge in [-0.3, -0.25) is 0 Å². The highest BCUT2D eigenvalue weighted by atomic mass is 32.1. The zero-order valence-corrected chi connectivity index (χ0v) is 9.58. The minimum absolute atomic E-state index is 0.204. The van der Waals surface area contributed by atoms with Crippen LogP contribution in [-0.4, -0.2) is 9.97 Å². The predicted molar refractivity (Wildman–Crippen MR) is 66.6 cm³/mol. The highest BCUT2D eigenvalue weighted by molar-refractivity contribution is 7.80. The van der Waals surface area contributed by atoms with Gasteiger partial charge in [0.05, 0.1) is 5.56 Å². The first-order valence-electron chi connectivity index (χ1n) is 4.85. The Hall–Kier alpha value is -2.01. The van der Waals surface area contributed by atoms with Gasteiger partial charge in [-0.15, -0.1) is 0 Å². The predicted octanol–water partition coefficient (Wildman–Crippen LogP) is 2.65. The van der Waals surface area contributed by atoms with Crippen LogP contribution >= 0.6 is 12.2 Å². The second-order valence-corrected chi connectivity index (χ2v) is 3.72. The van der Waals surface area contributed by atoms with Gasteiger partial charge in [-0.05, 0) is 36.4 Å². The van der Waals surface area contributed by atoms with Crippen LogP contribution in [0.2, 0.25) is 0 Å². The molecule has 17 heavy (non-hydrogen) atoms. The number of nitrogens with two attached hydrogens (primary N) is 1. The summed E-state index contributed by atoms with van der Waals surface area (Å²) < 4.78 is 18.2. The van der Waals surface area contributed by atoms with E-state index in [1.54, 1.807) is 18.3 Å². The van der Waals surface area contributed by atoms with Crippen LogP contribution in [0.1, 0.15) is 5.56 Å². The molecule has 0 unspecified atom stereocenters. The summed E-state index contributed by atoms with van der Waals surface area (Å²) in [6, 6.07) is 9.05. The molecule has 2 aromatic rings. The minimum atomic E-state index is -0.326. The first kappa shape index (κ1) is 11.5. The third-order valence-corrected chi connectivity index (χ3v) is 2.28. The van der Waals surface area contributed by atoms with E-state index in [0.29, 0.717) is 17.2 Å². The van der Waals surface area contributed by atoms with Gasteiger partial charge in [0.25, 0.3) is 0 Å². The number of halogens is 1. The van der Waals surface area contributed by atoms with Crippen LogP contribution in [-0.2, 0) is 0 Å². The van der Waals surface area contributed by atoms with E-state index in [1.165, 1.54) is 24.3 Å². The molecule has 0 saturated heterocycles. The van der Waals surface area contributed by atoms with Gasteiger partial charge >= 0.3 is 0 Å². The van der Waals surface area contributed by atoms with Crippen LogP contribution in [0.15, 0.2) is 42.6 Å². The van der Waals surface area contributed by atoms with Gasteiger partial charge in [-0.2, -0.15) is 0 Å². The third kappa shape index (κ3) is 2.76. The van der Waals surface area contributed by atoms with Crippen molar-refractivity contribution < 1.29 is 9.13 Å². The maximum atomic E-state index is 12.7. The van der Waals surface area contributed by atoms with Crippen molar-refractivity contribution in [3.63, 3.8) is 0 Å². The first-order chi connectivity index (χ1) is 8.16. The molecule has 2 N–H and O–H groups in total.